The summed E-state index contributed by atoms with van der Waals surface area (Å²) in [4.78, 5) is 26.4. The number of rotatable bonds is 3. The molecular formula is C7H10I2O3-2. The first-order valence-corrected chi connectivity index (χ1v) is 10.3. The Hall–Kier alpha value is 0.600. The van der Waals surface area contributed by atoms with Crippen LogP contribution in [0.2, 0.25) is 0 Å². The molecular weight excluding hydrogens is 386 g/mol. The maximum absolute atomic E-state index is 11.3. The molecule has 1 unspecified atom stereocenters. The van der Waals surface area contributed by atoms with E-state index in [1.54, 1.807) is 0 Å². The van der Waals surface area contributed by atoms with Gasteiger partial charge in [0.15, 0.2) is 0 Å². The minimum atomic E-state index is -0.335. The van der Waals surface area contributed by atoms with Crippen LogP contribution in [0, 0.1) is 0 Å². The van der Waals surface area contributed by atoms with Crippen LogP contribution in [-0.2, 0) is 14.3 Å². The van der Waals surface area contributed by atoms with E-state index in [1.807, 2.05) is 0 Å². The van der Waals surface area contributed by atoms with Gasteiger partial charge in [-0.05, 0) is 0 Å². The number of alkyl halides is 4. The summed E-state index contributed by atoms with van der Waals surface area (Å²) >= 11 is -0.158. The quantitative estimate of drug-likeness (QED) is 0.207. The van der Waals surface area contributed by atoms with E-state index in [4.69, 9.17) is 0 Å². The molecule has 1 rings (SSSR count). The Morgan fingerprint density at radius 3 is 2.50 bits per heavy atom. The fourth-order valence-corrected chi connectivity index (χ4v) is 8.23. The molecule has 0 aromatic rings. The van der Waals surface area contributed by atoms with Crippen LogP contribution in [0.3, 0.4) is 0 Å². The van der Waals surface area contributed by atoms with Gasteiger partial charge in [-0.25, -0.2) is 0 Å². The summed E-state index contributed by atoms with van der Waals surface area (Å²) in [7, 11) is 0. The minimum absolute atomic E-state index is 0.0664. The van der Waals surface area contributed by atoms with Crippen LogP contribution in [0.25, 0.3) is 0 Å². The zero-order valence-corrected chi connectivity index (χ0v) is 11.2. The van der Waals surface area contributed by atoms with Crippen LogP contribution < -0.4 is 42.4 Å². The predicted molar refractivity (Wildman–Crippen MR) is 35.2 cm³/mol. The molecule has 0 aromatic carbocycles. The SMILES string of the molecule is C[I-]CC1([I-]C)CC(=O)OC1=O. The van der Waals surface area contributed by atoms with E-state index >= 15 is 0 Å². The average molecular weight is 396 g/mol. The van der Waals surface area contributed by atoms with Gasteiger partial charge in [0.05, 0.1) is 0 Å². The number of carbonyl (C=O) groups is 2. The van der Waals surface area contributed by atoms with E-state index in [0.717, 1.165) is 4.43 Å². The molecule has 1 saturated heterocycles. The molecule has 5 heteroatoms. The Morgan fingerprint density at radius 2 is 2.17 bits per heavy atom. The average Bonchev–Trinajstić information content (AvgIpc) is 2.28. The Balaban J connectivity index is 2.78. The number of halogens is 2. The molecule has 0 bridgehead atoms. The standard InChI is InChI=1S/C7H10I2O3/c1-8-4-7(9-2)3-5(10)12-6(7)11/h3-4H2,1-2H3/q-2. The Kier molecular flexibility index (Phi) is 3.74. The summed E-state index contributed by atoms with van der Waals surface area (Å²) in [5, 5.41) is 0. The van der Waals surface area contributed by atoms with Crippen molar-refractivity contribution in [3.05, 3.63) is 0 Å². The fraction of sp³-hybridized carbons (Fsp3) is 0.714. The van der Waals surface area contributed by atoms with Crippen molar-refractivity contribution >= 4 is 11.9 Å². The van der Waals surface area contributed by atoms with Crippen LogP contribution in [0.15, 0.2) is 0 Å². The second-order valence-corrected chi connectivity index (χ2v) is 7.93. The van der Waals surface area contributed by atoms with Crippen LogP contribution >= 0.6 is 0 Å². The van der Waals surface area contributed by atoms with Crippen molar-refractivity contribution in [3.63, 3.8) is 0 Å². The number of esters is 2. The molecule has 0 saturated carbocycles. The number of carbonyl (C=O) groups excluding carboxylic acids is 2. The zero-order valence-electron chi connectivity index (χ0n) is 6.89. The van der Waals surface area contributed by atoms with Crippen molar-refractivity contribution in [1.29, 1.82) is 0 Å². The van der Waals surface area contributed by atoms with E-state index in [1.165, 1.54) is 0 Å². The summed E-state index contributed by atoms with van der Waals surface area (Å²) in [5.74, 6) is -0.566. The molecule has 1 aliphatic heterocycles. The van der Waals surface area contributed by atoms with Crippen LogP contribution in [0.4, 0.5) is 0 Å². The second-order valence-electron chi connectivity index (χ2n) is 2.49. The molecule has 0 aromatic heterocycles. The molecule has 1 atom stereocenters. The van der Waals surface area contributed by atoms with Gasteiger partial charge in [-0.3, -0.25) is 0 Å². The van der Waals surface area contributed by atoms with E-state index in [0.29, 0.717) is 6.42 Å². The number of hydrogen-bond acceptors (Lipinski definition) is 3. The molecule has 72 valence electrons. The van der Waals surface area contributed by atoms with Gasteiger partial charge in [-0.1, -0.05) is 0 Å². The Morgan fingerprint density at radius 1 is 1.50 bits per heavy atom. The topological polar surface area (TPSA) is 43.4 Å². The molecule has 1 aliphatic rings. The van der Waals surface area contributed by atoms with Gasteiger partial charge < -0.3 is 0 Å². The van der Waals surface area contributed by atoms with Gasteiger partial charge in [0.1, 0.15) is 0 Å². The van der Waals surface area contributed by atoms with Crippen molar-refractivity contribution in [1.82, 2.24) is 0 Å². The van der Waals surface area contributed by atoms with Gasteiger partial charge in [-0.15, -0.1) is 0 Å². The Bertz CT molecular complexity index is 217. The molecule has 1 heterocycles. The van der Waals surface area contributed by atoms with Crippen LogP contribution in [-0.4, -0.2) is 29.6 Å². The number of hydrogen-bond donors (Lipinski definition) is 0. The van der Waals surface area contributed by atoms with Crippen LogP contribution in [0.5, 0.6) is 0 Å². The maximum atomic E-state index is 11.3. The van der Waals surface area contributed by atoms with Crippen molar-refractivity contribution in [2.75, 3.05) is 14.3 Å². The van der Waals surface area contributed by atoms with E-state index < -0.39 is 0 Å². The summed E-state index contributed by atoms with van der Waals surface area (Å²) < 4.78 is 5.17. The summed E-state index contributed by atoms with van der Waals surface area (Å²) in [6.45, 7) is 0. The number of ether oxygens (including phenoxy) is 1. The molecule has 12 heavy (non-hydrogen) atoms. The zero-order chi connectivity index (χ0) is 9.19. The second kappa shape index (κ2) is 4.21. The number of cyclic esters (lactones) is 2. The van der Waals surface area contributed by atoms with E-state index in [-0.39, 0.29) is 57.8 Å². The van der Waals surface area contributed by atoms with Gasteiger partial charge >= 0.3 is 92.8 Å². The van der Waals surface area contributed by atoms with Gasteiger partial charge in [0.25, 0.3) is 0 Å². The van der Waals surface area contributed by atoms with Crippen molar-refractivity contribution in [2.24, 2.45) is 0 Å². The molecule has 0 N–H and O–H groups in total. The van der Waals surface area contributed by atoms with Crippen molar-refractivity contribution in [3.8, 4) is 0 Å². The van der Waals surface area contributed by atoms with E-state index in [9.17, 15) is 9.59 Å². The first-order valence-electron chi connectivity index (χ1n) is 3.34. The monoisotopic (exact) mass is 396 g/mol. The molecule has 0 radical (unpaired) electrons. The molecule has 0 spiro atoms. The van der Waals surface area contributed by atoms with Crippen molar-refractivity contribution < 1.29 is 56.7 Å². The van der Waals surface area contributed by atoms with Gasteiger partial charge in [0.2, 0.25) is 0 Å². The molecule has 3 nitrogen and oxygen atoms in total. The predicted octanol–water partition coefficient (Wildman–Crippen LogP) is -6.36. The third kappa shape index (κ3) is 1.91. The Labute approximate surface area is 92.1 Å². The van der Waals surface area contributed by atoms with Gasteiger partial charge in [-0.2, -0.15) is 0 Å². The first-order chi connectivity index (χ1) is 5.64. The third-order valence-electron chi connectivity index (χ3n) is 1.70. The van der Waals surface area contributed by atoms with Gasteiger partial charge in [0, 0.05) is 0 Å². The molecule has 0 amide bonds. The summed E-state index contributed by atoms with van der Waals surface area (Å²) in [6.07, 6.45) is 0.350. The normalized spacial score (nSPS) is 29.8. The molecule has 1 fully saturated rings. The fourth-order valence-electron chi connectivity index (χ4n) is 1.04. The molecule has 0 aliphatic carbocycles. The third-order valence-corrected chi connectivity index (χ3v) is 8.50. The summed E-state index contributed by atoms with van der Waals surface area (Å²) in [5.41, 5.74) is 0. The van der Waals surface area contributed by atoms with E-state index in [2.05, 4.69) is 14.6 Å². The first kappa shape index (κ1) is 10.7. The summed E-state index contributed by atoms with van der Waals surface area (Å²) in [6, 6.07) is 0. The van der Waals surface area contributed by atoms with Crippen LogP contribution in [0.1, 0.15) is 6.42 Å². The van der Waals surface area contributed by atoms with Crippen molar-refractivity contribution in [2.45, 2.75) is 9.84 Å².